The average Bonchev–Trinajstić information content (AvgIpc) is 2.42. The minimum Gasteiger partial charge on any atom is -0.384 e. The highest BCUT2D eigenvalue weighted by atomic mass is 16.2. The Hall–Kier alpha value is -1.83. The van der Waals surface area contributed by atoms with Crippen molar-refractivity contribution < 1.29 is 9.90 Å². The monoisotopic (exact) mass is 260 g/mol. The van der Waals surface area contributed by atoms with Gasteiger partial charge in [-0.15, -0.1) is 0 Å². The van der Waals surface area contributed by atoms with Crippen molar-refractivity contribution in [2.75, 3.05) is 40.8 Å². The summed E-state index contributed by atoms with van der Waals surface area (Å²) in [4.78, 5) is 16.0. The number of likely N-dealkylation sites (N-methyl/N-ethyl adjacent to an activating group) is 2. The highest BCUT2D eigenvalue weighted by Crippen LogP contribution is 2.10. The predicted molar refractivity (Wildman–Crippen MR) is 75.9 cm³/mol. The molecule has 102 valence electrons. The van der Waals surface area contributed by atoms with Crippen LogP contribution in [0, 0.1) is 11.8 Å². The van der Waals surface area contributed by atoms with Crippen LogP contribution in [0.4, 0.5) is 0 Å². The van der Waals surface area contributed by atoms with Crippen molar-refractivity contribution in [1.29, 1.82) is 0 Å². The van der Waals surface area contributed by atoms with Gasteiger partial charge in [0.05, 0.1) is 5.56 Å². The number of hydrogen-bond donors (Lipinski definition) is 1. The largest absolute Gasteiger partial charge is 0.384 e. The van der Waals surface area contributed by atoms with Crippen LogP contribution in [0.25, 0.3) is 0 Å². The summed E-state index contributed by atoms with van der Waals surface area (Å²) in [5.74, 6) is 5.33. The third-order valence-electron chi connectivity index (χ3n) is 2.69. The van der Waals surface area contributed by atoms with Crippen molar-refractivity contribution in [3.05, 3.63) is 35.4 Å². The van der Waals surface area contributed by atoms with Crippen molar-refractivity contribution in [3.8, 4) is 11.8 Å². The molecule has 0 fully saturated rings. The molecule has 0 aliphatic rings. The van der Waals surface area contributed by atoms with E-state index in [0.717, 1.165) is 6.54 Å². The number of amides is 1. The molecule has 4 heteroatoms. The lowest BCUT2D eigenvalue weighted by Crippen LogP contribution is -2.33. The molecule has 0 spiro atoms. The minimum absolute atomic E-state index is 0.0512. The lowest BCUT2D eigenvalue weighted by atomic mass is 10.1. The number of aliphatic hydroxyl groups is 1. The molecule has 0 aromatic heterocycles. The molecule has 1 aromatic rings. The van der Waals surface area contributed by atoms with Crippen LogP contribution in [-0.2, 0) is 0 Å². The summed E-state index contributed by atoms with van der Waals surface area (Å²) in [6.45, 7) is 1.26. The van der Waals surface area contributed by atoms with Gasteiger partial charge in [0.15, 0.2) is 0 Å². The van der Waals surface area contributed by atoms with E-state index >= 15 is 0 Å². The van der Waals surface area contributed by atoms with Crippen LogP contribution in [0.2, 0.25) is 0 Å². The highest BCUT2D eigenvalue weighted by molar-refractivity contribution is 5.96. The van der Waals surface area contributed by atoms with Crippen LogP contribution in [-0.4, -0.2) is 61.7 Å². The van der Waals surface area contributed by atoms with E-state index in [9.17, 15) is 4.79 Å². The molecule has 0 saturated heterocycles. The Kier molecular flexibility index (Phi) is 6.07. The molecule has 0 heterocycles. The van der Waals surface area contributed by atoms with Gasteiger partial charge < -0.3 is 14.9 Å². The zero-order valence-electron chi connectivity index (χ0n) is 11.7. The first kappa shape index (κ1) is 15.2. The van der Waals surface area contributed by atoms with Crippen molar-refractivity contribution in [2.24, 2.45) is 0 Å². The first-order valence-electron chi connectivity index (χ1n) is 6.15. The second kappa shape index (κ2) is 7.57. The average molecular weight is 260 g/mol. The minimum atomic E-state index is -0.209. The predicted octanol–water partition coefficient (Wildman–Crippen LogP) is 0.664. The maximum Gasteiger partial charge on any atom is 0.254 e. The normalized spacial score (nSPS) is 9.95. The molecule has 1 amide bonds. The number of carbonyl (C=O) groups is 1. The Morgan fingerprint density at radius 2 is 1.89 bits per heavy atom. The van der Waals surface area contributed by atoms with Gasteiger partial charge in [-0.25, -0.2) is 0 Å². The van der Waals surface area contributed by atoms with Gasteiger partial charge in [0, 0.05) is 25.7 Å². The Bertz CT molecular complexity index is 486. The van der Waals surface area contributed by atoms with Crippen LogP contribution < -0.4 is 0 Å². The van der Waals surface area contributed by atoms with E-state index in [1.54, 1.807) is 24.1 Å². The number of aliphatic hydroxyl groups excluding tert-OH is 1. The molecule has 0 saturated carbocycles. The number of benzene rings is 1. The third kappa shape index (κ3) is 4.74. The van der Waals surface area contributed by atoms with Crippen LogP contribution in [0.5, 0.6) is 0 Å². The maximum atomic E-state index is 12.3. The Morgan fingerprint density at radius 3 is 2.53 bits per heavy atom. The molecule has 0 unspecified atom stereocenters. The lowest BCUT2D eigenvalue weighted by molar-refractivity contribution is 0.0786. The quantitative estimate of drug-likeness (QED) is 0.809. The van der Waals surface area contributed by atoms with Gasteiger partial charge in [-0.05, 0) is 26.2 Å². The fourth-order valence-corrected chi connectivity index (χ4v) is 1.57. The van der Waals surface area contributed by atoms with Crippen molar-refractivity contribution in [3.63, 3.8) is 0 Å². The molecule has 0 aliphatic carbocycles. The van der Waals surface area contributed by atoms with E-state index in [-0.39, 0.29) is 12.5 Å². The van der Waals surface area contributed by atoms with Gasteiger partial charge in [0.1, 0.15) is 6.61 Å². The van der Waals surface area contributed by atoms with Crippen LogP contribution in [0.1, 0.15) is 15.9 Å². The molecule has 0 bridgehead atoms. The molecular formula is C15H20N2O2. The Labute approximate surface area is 114 Å². The highest BCUT2D eigenvalue weighted by Gasteiger charge is 2.14. The molecule has 1 aromatic carbocycles. The third-order valence-corrected chi connectivity index (χ3v) is 2.69. The Morgan fingerprint density at radius 1 is 1.21 bits per heavy atom. The second-order valence-corrected chi connectivity index (χ2v) is 4.54. The fourth-order valence-electron chi connectivity index (χ4n) is 1.57. The van der Waals surface area contributed by atoms with E-state index in [4.69, 9.17) is 5.11 Å². The van der Waals surface area contributed by atoms with E-state index in [0.29, 0.717) is 17.7 Å². The molecule has 4 nitrogen and oxygen atoms in total. The van der Waals surface area contributed by atoms with Gasteiger partial charge in [-0.2, -0.15) is 0 Å². The summed E-state index contributed by atoms with van der Waals surface area (Å²) in [5.41, 5.74) is 1.22. The van der Waals surface area contributed by atoms with Gasteiger partial charge in [0.25, 0.3) is 5.91 Å². The van der Waals surface area contributed by atoms with Crippen molar-refractivity contribution in [1.82, 2.24) is 9.80 Å². The number of hydrogen-bond acceptors (Lipinski definition) is 3. The van der Waals surface area contributed by atoms with Gasteiger partial charge in [0.2, 0.25) is 0 Å². The van der Waals surface area contributed by atoms with E-state index < -0.39 is 0 Å². The summed E-state index contributed by atoms with van der Waals surface area (Å²) in [7, 11) is 5.72. The molecular weight excluding hydrogens is 240 g/mol. The molecule has 1 rings (SSSR count). The number of carbonyl (C=O) groups excluding carboxylic acids is 1. The number of nitrogens with zero attached hydrogens (tertiary/aromatic N) is 2. The van der Waals surface area contributed by atoms with Crippen molar-refractivity contribution in [2.45, 2.75) is 0 Å². The van der Waals surface area contributed by atoms with Crippen molar-refractivity contribution >= 4 is 5.91 Å². The summed E-state index contributed by atoms with van der Waals surface area (Å²) in [6, 6.07) is 7.20. The lowest BCUT2D eigenvalue weighted by Gasteiger charge is -2.20. The number of rotatable bonds is 4. The second-order valence-electron chi connectivity index (χ2n) is 4.54. The fraction of sp³-hybridized carbons (Fsp3) is 0.400. The Balaban J connectivity index is 2.87. The topological polar surface area (TPSA) is 43.8 Å². The van der Waals surface area contributed by atoms with Crippen LogP contribution in [0.3, 0.4) is 0 Å². The first-order chi connectivity index (χ1) is 9.06. The van der Waals surface area contributed by atoms with E-state index in [1.165, 1.54) is 0 Å². The summed E-state index contributed by atoms with van der Waals surface area (Å²) >= 11 is 0. The molecule has 19 heavy (non-hydrogen) atoms. The summed E-state index contributed by atoms with van der Waals surface area (Å²) in [6.07, 6.45) is 0. The molecule has 0 radical (unpaired) electrons. The van der Waals surface area contributed by atoms with Gasteiger partial charge >= 0.3 is 0 Å². The maximum absolute atomic E-state index is 12.3. The first-order valence-corrected chi connectivity index (χ1v) is 6.15. The SMILES string of the molecule is CN(C)CCN(C)C(=O)c1ccccc1C#CCO. The molecule has 0 atom stereocenters. The molecule has 1 N–H and O–H groups in total. The summed E-state index contributed by atoms with van der Waals surface area (Å²) < 4.78 is 0. The summed E-state index contributed by atoms with van der Waals surface area (Å²) in [5, 5.41) is 8.74. The van der Waals surface area contributed by atoms with Gasteiger partial charge in [-0.1, -0.05) is 24.0 Å². The van der Waals surface area contributed by atoms with E-state index in [1.807, 2.05) is 31.1 Å². The smallest absolute Gasteiger partial charge is 0.254 e. The van der Waals surface area contributed by atoms with Gasteiger partial charge in [-0.3, -0.25) is 4.79 Å². The molecule has 0 aliphatic heterocycles. The standard InChI is InChI=1S/C15H20N2O2/c1-16(2)10-11-17(3)15(19)14-9-5-4-7-13(14)8-6-12-18/h4-5,7,9,18H,10-12H2,1-3H3. The van der Waals surface area contributed by atoms with Crippen LogP contribution >= 0.6 is 0 Å². The van der Waals surface area contributed by atoms with Crippen LogP contribution in [0.15, 0.2) is 24.3 Å². The zero-order chi connectivity index (χ0) is 14.3. The van der Waals surface area contributed by atoms with E-state index in [2.05, 4.69) is 11.8 Å². The zero-order valence-corrected chi connectivity index (χ0v) is 11.7.